The number of nitrogens with one attached hydrogen (secondary N) is 1. The van der Waals surface area contributed by atoms with Crippen LogP contribution in [-0.4, -0.2) is 32.8 Å². The van der Waals surface area contributed by atoms with Crippen LogP contribution in [-0.2, 0) is 4.74 Å². The molecule has 0 bridgehead atoms. The van der Waals surface area contributed by atoms with Crippen molar-refractivity contribution < 1.29 is 14.3 Å². The molecule has 106 valence electrons. The number of carbonyl (C=O) groups excluding carboxylic acids is 1. The number of methoxy groups -OCH3 is 1. The molecule has 3 N–H and O–H groups in total. The van der Waals surface area contributed by atoms with Gasteiger partial charge in [-0.2, -0.15) is 0 Å². The summed E-state index contributed by atoms with van der Waals surface area (Å²) in [7, 11) is 1.52. The van der Waals surface area contributed by atoms with Gasteiger partial charge in [-0.25, -0.2) is 0 Å². The zero-order valence-electron chi connectivity index (χ0n) is 11.6. The van der Waals surface area contributed by atoms with Gasteiger partial charge in [0.05, 0.1) is 19.3 Å². The van der Waals surface area contributed by atoms with Crippen molar-refractivity contribution in [2.75, 3.05) is 32.6 Å². The molecule has 0 atom stereocenters. The van der Waals surface area contributed by atoms with E-state index >= 15 is 0 Å². The van der Waals surface area contributed by atoms with Crippen LogP contribution in [0.5, 0.6) is 5.75 Å². The van der Waals surface area contributed by atoms with Crippen molar-refractivity contribution in [1.29, 1.82) is 0 Å². The zero-order valence-corrected chi connectivity index (χ0v) is 11.6. The topological polar surface area (TPSA) is 73.6 Å². The third-order valence-electron chi connectivity index (χ3n) is 2.64. The molecule has 0 aliphatic heterocycles. The van der Waals surface area contributed by atoms with E-state index in [4.69, 9.17) is 15.2 Å². The molecule has 5 heteroatoms. The van der Waals surface area contributed by atoms with E-state index in [0.29, 0.717) is 30.2 Å². The van der Waals surface area contributed by atoms with Gasteiger partial charge in [0.1, 0.15) is 5.75 Å². The van der Waals surface area contributed by atoms with Crippen LogP contribution in [0.2, 0.25) is 0 Å². The minimum Gasteiger partial charge on any atom is -0.496 e. The zero-order chi connectivity index (χ0) is 14.1. The first kappa shape index (κ1) is 15.3. The lowest BCUT2D eigenvalue weighted by atomic mass is 10.1. The van der Waals surface area contributed by atoms with Crippen molar-refractivity contribution in [3.05, 3.63) is 23.8 Å². The number of hydrogen-bond donors (Lipinski definition) is 2. The van der Waals surface area contributed by atoms with Crippen LogP contribution >= 0.6 is 0 Å². The molecule has 1 amide bonds. The summed E-state index contributed by atoms with van der Waals surface area (Å²) in [5.74, 6) is 0.307. The highest BCUT2D eigenvalue weighted by molar-refractivity contribution is 5.97. The van der Waals surface area contributed by atoms with Crippen molar-refractivity contribution in [2.45, 2.75) is 19.8 Å². The molecule has 0 radical (unpaired) electrons. The average Bonchev–Trinajstić information content (AvgIpc) is 2.42. The van der Waals surface area contributed by atoms with E-state index < -0.39 is 0 Å². The molecule has 0 unspecified atom stereocenters. The summed E-state index contributed by atoms with van der Waals surface area (Å²) in [4.78, 5) is 12.0. The molecule has 0 aliphatic carbocycles. The first-order valence-electron chi connectivity index (χ1n) is 6.48. The Labute approximate surface area is 114 Å². The van der Waals surface area contributed by atoms with Gasteiger partial charge in [-0.15, -0.1) is 0 Å². The maximum absolute atomic E-state index is 12.0. The van der Waals surface area contributed by atoms with E-state index in [1.165, 1.54) is 7.11 Å². The van der Waals surface area contributed by atoms with E-state index in [2.05, 4.69) is 12.2 Å². The van der Waals surface area contributed by atoms with Gasteiger partial charge in [0.2, 0.25) is 0 Å². The van der Waals surface area contributed by atoms with Gasteiger partial charge in [0.25, 0.3) is 5.91 Å². The number of ether oxygens (including phenoxy) is 2. The monoisotopic (exact) mass is 266 g/mol. The molecular weight excluding hydrogens is 244 g/mol. The summed E-state index contributed by atoms with van der Waals surface area (Å²) in [6.07, 6.45) is 2.14. The number of anilines is 1. The highest BCUT2D eigenvalue weighted by Crippen LogP contribution is 2.20. The van der Waals surface area contributed by atoms with Gasteiger partial charge < -0.3 is 20.5 Å². The van der Waals surface area contributed by atoms with E-state index in [1.807, 2.05) is 0 Å². The summed E-state index contributed by atoms with van der Waals surface area (Å²) >= 11 is 0. The number of rotatable bonds is 8. The standard InChI is InChI=1S/C14H22N2O3/c1-3-4-8-19-9-7-16-14(17)12-10-11(15)5-6-13(12)18-2/h5-6,10H,3-4,7-9,15H2,1-2H3,(H,16,17). The fraction of sp³-hybridized carbons (Fsp3) is 0.500. The van der Waals surface area contributed by atoms with Gasteiger partial charge >= 0.3 is 0 Å². The Morgan fingerprint density at radius 2 is 2.16 bits per heavy atom. The minimum absolute atomic E-state index is 0.205. The molecule has 0 fully saturated rings. The highest BCUT2D eigenvalue weighted by Gasteiger charge is 2.11. The van der Waals surface area contributed by atoms with E-state index in [0.717, 1.165) is 19.4 Å². The highest BCUT2D eigenvalue weighted by atomic mass is 16.5. The molecule has 0 heterocycles. The van der Waals surface area contributed by atoms with Gasteiger partial charge in [0, 0.05) is 18.8 Å². The number of carbonyl (C=O) groups is 1. The quantitative estimate of drug-likeness (QED) is 0.556. The SMILES string of the molecule is CCCCOCCNC(=O)c1cc(N)ccc1OC. The fourth-order valence-corrected chi connectivity index (χ4v) is 1.58. The molecule has 0 saturated carbocycles. The number of nitrogen functional groups attached to an aromatic ring is 1. The Morgan fingerprint density at radius 1 is 1.37 bits per heavy atom. The van der Waals surface area contributed by atoms with Crippen molar-refractivity contribution in [3.63, 3.8) is 0 Å². The predicted octanol–water partition coefficient (Wildman–Crippen LogP) is 1.82. The maximum Gasteiger partial charge on any atom is 0.255 e. The molecule has 5 nitrogen and oxygen atoms in total. The van der Waals surface area contributed by atoms with Crippen LogP contribution in [0.1, 0.15) is 30.1 Å². The Morgan fingerprint density at radius 3 is 2.84 bits per heavy atom. The lowest BCUT2D eigenvalue weighted by Crippen LogP contribution is -2.27. The van der Waals surface area contributed by atoms with Crippen molar-refractivity contribution in [3.8, 4) is 5.75 Å². The van der Waals surface area contributed by atoms with Gasteiger partial charge in [-0.3, -0.25) is 4.79 Å². The maximum atomic E-state index is 12.0. The summed E-state index contributed by atoms with van der Waals surface area (Å²) in [5.41, 5.74) is 6.64. The second-order valence-electron chi connectivity index (χ2n) is 4.18. The Bertz CT molecular complexity index is 408. The van der Waals surface area contributed by atoms with E-state index in [-0.39, 0.29) is 5.91 Å². The summed E-state index contributed by atoms with van der Waals surface area (Å²) in [6, 6.07) is 4.98. The number of hydrogen-bond acceptors (Lipinski definition) is 4. The van der Waals surface area contributed by atoms with Crippen LogP contribution in [0.25, 0.3) is 0 Å². The smallest absolute Gasteiger partial charge is 0.255 e. The number of nitrogens with two attached hydrogens (primary N) is 1. The predicted molar refractivity (Wildman–Crippen MR) is 75.5 cm³/mol. The lowest BCUT2D eigenvalue weighted by Gasteiger charge is -2.10. The average molecular weight is 266 g/mol. The normalized spacial score (nSPS) is 10.2. The molecule has 0 spiro atoms. The minimum atomic E-state index is -0.205. The first-order valence-corrected chi connectivity index (χ1v) is 6.48. The lowest BCUT2D eigenvalue weighted by molar-refractivity contribution is 0.0910. The van der Waals surface area contributed by atoms with E-state index in [1.54, 1.807) is 18.2 Å². The van der Waals surface area contributed by atoms with Crippen molar-refractivity contribution >= 4 is 11.6 Å². The number of unbranched alkanes of at least 4 members (excludes halogenated alkanes) is 1. The third kappa shape index (κ3) is 5.18. The fourth-order valence-electron chi connectivity index (χ4n) is 1.58. The largest absolute Gasteiger partial charge is 0.496 e. The molecular formula is C14H22N2O3. The molecule has 0 aromatic heterocycles. The van der Waals surface area contributed by atoms with Gasteiger partial charge in [-0.1, -0.05) is 13.3 Å². The molecule has 1 aromatic rings. The van der Waals surface area contributed by atoms with Crippen LogP contribution in [0.4, 0.5) is 5.69 Å². The molecule has 1 rings (SSSR count). The van der Waals surface area contributed by atoms with Gasteiger partial charge in [-0.05, 0) is 24.6 Å². The van der Waals surface area contributed by atoms with Gasteiger partial charge in [0.15, 0.2) is 0 Å². The molecule has 1 aromatic carbocycles. The van der Waals surface area contributed by atoms with Crippen LogP contribution in [0, 0.1) is 0 Å². The second kappa shape index (κ2) is 8.37. The Balaban J connectivity index is 2.43. The Hall–Kier alpha value is -1.75. The summed E-state index contributed by atoms with van der Waals surface area (Å²) in [5, 5.41) is 2.78. The van der Waals surface area contributed by atoms with Crippen molar-refractivity contribution in [1.82, 2.24) is 5.32 Å². The van der Waals surface area contributed by atoms with Crippen LogP contribution in [0.3, 0.4) is 0 Å². The molecule has 19 heavy (non-hydrogen) atoms. The van der Waals surface area contributed by atoms with Crippen LogP contribution < -0.4 is 15.8 Å². The first-order chi connectivity index (χ1) is 9.19. The third-order valence-corrected chi connectivity index (χ3v) is 2.64. The van der Waals surface area contributed by atoms with E-state index in [9.17, 15) is 4.79 Å². The second-order valence-corrected chi connectivity index (χ2v) is 4.18. The van der Waals surface area contributed by atoms with Crippen molar-refractivity contribution in [2.24, 2.45) is 0 Å². The summed E-state index contributed by atoms with van der Waals surface area (Å²) in [6.45, 7) is 3.82. The number of amides is 1. The summed E-state index contributed by atoms with van der Waals surface area (Å²) < 4.78 is 10.5. The molecule has 0 aliphatic rings. The molecule has 0 saturated heterocycles. The number of benzene rings is 1. The Kier molecular flexibility index (Phi) is 6.74. The van der Waals surface area contributed by atoms with Crippen LogP contribution in [0.15, 0.2) is 18.2 Å².